The van der Waals surface area contributed by atoms with Crippen LogP contribution in [0.3, 0.4) is 0 Å². The molecule has 0 aliphatic heterocycles. The third-order valence-electron chi connectivity index (χ3n) is 5.48. The molecule has 2 aliphatic rings. The molecule has 3 rings (SSSR count). The van der Waals surface area contributed by atoms with Crippen molar-refractivity contribution in [3.05, 3.63) is 54.6 Å². The predicted molar refractivity (Wildman–Crippen MR) is 87.4 cm³/mol. The summed E-state index contributed by atoms with van der Waals surface area (Å²) in [6.45, 7) is -3.75. The fraction of sp³-hybridized carbons (Fsp3) is 0.444. The molecule has 1 aromatic rings. The number of benzene rings is 1. The lowest BCUT2D eigenvalue weighted by molar-refractivity contribution is -0.276. The van der Waals surface area contributed by atoms with Crippen LogP contribution >= 0.6 is 0 Å². The van der Waals surface area contributed by atoms with Crippen LogP contribution in [0, 0.1) is 0 Å². The maximum atomic E-state index is 15.7. The zero-order valence-corrected chi connectivity index (χ0v) is 15.0. The van der Waals surface area contributed by atoms with Crippen LogP contribution in [0.1, 0.15) is 0 Å². The quantitative estimate of drug-likeness (QED) is 0.325. The van der Waals surface area contributed by atoms with Crippen molar-refractivity contribution in [1.82, 2.24) is 0 Å². The molecule has 0 saturated carbocycles. The van der Waals surface area contributed by atoms with Crippen LogP contribution < -0.4 is 5.46 Å². The molecule has 0 nitrogen and oxygen atoms in total. The lowest BCUT2D eigenvalue weighted by Gasteiger charge is -2.49. The molecular weight excluding hydrogens is 455 g/mol. The van der Waals surface area contributed by atoms with E-state index in [0.29, 0.717) is 12.1 Å². The number of halogens is 12. The standard InChI is InChI=1S/C18H11BF12/c20-11-6-8-13(22,17(28,29)15(11,24)25)19(10-4-2-1-3-5-10)14(23)9-7-12(21)16(26,27)18(14,30)31/h1-9,11-12H. The molecular formula is C18H11BF12. The average molecular weight is 466 g/mol. The zero-order valence-electron chi connectivity index (χ0n) is 15.0. The topological polar surface area (TPSA) is 0 Å². The van der Waals surface area contributed by atoms with Crippen molar-refractivity contribution in [3.8, 4) is 0 Å². The van der Waals surface area contributed by atoms with Gasteiger partial charge in [0.05, 0.1) is 0 Å². The van der Waals surface area contributed by atoms with Crippen LogP contribution in [0.2, 0.25) is 0 Å². The molecule has 0 N–H and O–H groups in total. The van der Waals surface area contributed by atoms with Gasteiger partial charge in [-0.2, -0.15) is 35.1 Å². The van der Waals surface area contributed by atoms with E-state index < -0.39 is 83.6 Å². The Hall–Kier alpha value is -2.08. The second-order valence-electron chi connectivity index (χ2n) is 7.30. The van der Waals surface area contributed by atoms with E-state index in [9.17, 15) is 43.9 Å². The van der Waals surface area contributed by atoms with E-state index in [0.717, 1.165) is 18.2 Å². The number of allylic oxidation sites excluding steroid dienone is 4. The van der Waals surface area contributed by atoms with Crippen molar-refractivity contribution in [3.63, 3.8) is 0 Å². The minimum Gasteiger partial charge on any atom is -0.241 e. The molecule has 4 unspecified atom stereocenters. The van der Waals surface area contributed by atoms with E-state index in [-0.39, 0.29) is 0 Å². The van der Waals surface area contributed by atoms with Crippen molar-refractivity contribution in [2.75, 3.05) is 0 Å². The first kappa shape index (κ1) is 23.6. The molecule has 0 saturated heterocycles. The van der Waals surface area contributed by atoms with Gasteiger partial charge in [-0.15, -0.1) is 0 Å². The van der Waals surface area contributed by atoms with Crippen LogP contribution in [0.15, 0.2) is 54.6 Å². The summed E-state index contributed by atoms with van der Waals surface area (Å²) in [5, 5.41) is 0. The Kier molecular flexibility index (Phi) is 5.11. The minimum absolute atomic E-state index is 0.433. The van der Waals surface area contributed by atoms with Gasteiger partial charge in [-0.25, -0.2) is 17.6 Å². The summed E-state index contributed by atoms with van der Waals surface area (Å²) >= 11 is 0. The SMILES string of the molecule is FC1C=CC(F)(B(c2ccccc2)C2(F)C=CC(F)C(F)(F)C2(F)F)C(F)(F)C1(F)F. The van der Waals surface area contributed by atoms with Gasteiger partial charge in [0, 0.05) is 0 Å². The van der Waals surface area contributed by atoms with Gasteiger partial charge in [0.25, 0.3) is 6.71 Å². The van der Waals surface area contributed by atoms with E-state index >= 15 is 8.78 Å². The first-order valence-corrected chi connectivity index (χ1v) is 8.59. The summed E-state index contributed by atoms with van der Waals surface area (Å²) in [7, 11) is 0. The van der Waals surface area contributed by atoms with Crippen molar-refractivity contribution >= 4 is 12.2 Å². The molecule has 0 fully saturated rings. The normalized spacial score (nSPS) is 37.4. The van der Waals surface area contributed by atoms with Crippen molar-refractivity contribution < 1.29 is 52.7 Å². The monoisotopic (exact) mass is 466 g/mol. The van der Waals surface area contributed by atoms with Gasteiger partial charge in [0.15, 0.2) is 23.5 Å². The number of hydrogen-bond donors (Lipinski definition) is 0. The van der Waals surface area contributed by atoms with Gasteiger partial charge in [-0.05, 0) is 24.3 Å². The van der Waals surface area contributed by atoms with E-state index in [1.165, 1.54) is 0 Å². The van der Waals surface area contributed by atoms with Gasteiger partial charge in [-0.3, -0.25) is 0 Å². The number of rotatable bonds is 3. The summed E-state index contributed by atoms with van der Waals surface area (Å²) in [5.41, 5.74) is -11.4. The molecule has 4 atom stereocenters. The Labute approximate surface area is 167 Å². The largest absolute Gasteiger partial charge is 0.346 e. The van der Waals surface area contributed by atoms with Gasteiger partial charge in [0.1, 0.15) is 0 Å². The summed E-state index contributed by atoms with van der Waals surface area (Å²) < 4.78 is 172. The van der Waals surface area contributed by atoms with E-state index in [1.54, 1.807) is 0 Å². The molecule has 1 aromatic carbocycles. The Bertz CT molecular complexity index is 844. The van der Waals surface area contributed by atoms with E-state index in [4.69, 9.17) is 0 Å². The molecule has 0 bridgehead atoms. The molecule has 0 spiro atoms. The van der Waals surface area contributed by atoms with Gasteiger partial charge in [-0.1, -0.05) is 35.8 Å². The van der Waals surface area contributed by atoms with E-state index in [2.05, 4.69) is 0 Å². The van der Waals surface area contributed by atoms with Crippen LogP contribution in [0.5, 0.6) is 0 Å². The summed E-state index contributed by atoms with van der Waals surface area (Å²) in [4.78, 5) is 0. The fourth-order valence-corrected chi connectivity index (χ4v) is 3.75. The molecule has 0 heterocycles. The smallest absolute Gasteiger partial charge is 0.241 e. The molecule has 0 amide bonds. The Morgan fingerprint density at radius 2 is 0.935 bits per heavy atom. The molecule has 0 aromatic heterocycles. The number of alkyl halides is 12. The highest BCUT2D eigenvalue weighted by atomic mass is 19.3. The zero-order chi connectivity index (χ0) is 23.7. The second-order valence-corrected chi connectivity index (χ2v) is 7.30. The molecule has 31 heavy (non-hydrogen) atoms. The lowest BCUT2D eigenvalue weighted by atomic mass is 9.24. The molecule has 170 valence electrons. The maximum absolute atomic E-state index is 15.7. The molecule has 13 heteroatoms. The van der Waals surface area contributed by atoms with Gasteiger partial charge in [0.2, 0.25) is 0 Å². The fourth-order valence-electron chi connectivity index (χ4n) is 3.75. The van der Waals surface area contributed by atoms with Crippen molar-refractivity contribution in [2.24, 2.45) is 0 Å². The van der Waals surface area contributed by atoms with Crippen LogP contribution in [-0.2, 0) is 0 Å². The van der Waals surface area contributed by atoms with Gasteiger partial charge < -0.3 is 0 Å². The third-order valence-corrected chi connectivity index (χ3v) is 5.48. The minimum atomic E-state index is -6.17. The average Bonchev–Trinajstić information content (AvgIpc) is 2.68. The second kappa shape index (κ2) is 6.71. The van der Waals surface area contributed by atoms with Crippen LogP contribution in [0.4, 0.5) is 52.7 Å². The highest BCUT2D eigenvalue weighted by Crippen LogP contribution is 2.58. The summed E-state index contributed by atoms with van der Waals surface area (Å²) in [5.74, 6) is -24.0. The first-order valence-electron chi connectivity index (χ1n) is 8.59. The van der Waals surface area contributed by atoms with Crippen LogP contribution in [0.25, 0.3) is 0 Å². The maximum Gasteiger partial charge on any atom is 0.346 e. The summed E-state index contributed by atoms with van der Waals surface area (Å²) in [6.07, 6.45) is -9.60. The highest BCUT2D eigenvalue weighted by molar-refractivity contribution is 6.80. The Morgan fingerprint density at radius 3 is 1.29 bits per heavy atom. The first-order chi connectivity index (χ1) is 14.0. The number of hydrogen-bond acceptors (Lipinski definition) is 0. The Morgan fingerprint density at radius 1 is 0.581 bits per heavy atom. The molecule has 0 radical (unpaired) electrons. The van der Waals surface area contributed by atoms with Crippen molar-refractivity contribution in [1.29, 1.82) is 0 Å². The highest BCUT2D eigenvalue weighted by Gasteiger charge is 2.85. The Balaban J connectivity index is 2.37. The lowest BCUT2D eigenvalue weighted by Crippen LogP contribution is -2.79. The van der Waals surface area contributed by atoms with Crippen LogP contribution in [-0.4, -0.2) is 53.9 Å². The summed E-state index contributed by atoms with van der Waals surface area (Å²) in [6, 6.07) is 4.01. The van der Waals surface area contributed by atoms with E-state index in [1.807, 2.05) is 0 Å². The van der Waals surface area contributed by atoms with Gasteiger partial charge >= 0.3 is 23.7 Å². The van der Waals surface area contributed by atoms with Crippen molar-refractivity contribution in [2.45, 2.75) is 47.2 Å². The predicted octanol–water partition coefficient (Wildman–Crippen LogP) is 5.24. The molecule has 2 aliphatic carbocycles. The third kappa shape index (κ3) is 2.80.